The minimum atomic E-state index is -0.122. The summed E-state index contributed by atoms with van der Waals surface area (Å²) in [7, 11) is 0. The molecule has 0 heteroatoms. The SMILES string of the molecule is c1ccc2c(c1)ccc1ccc(CCC3(c4ccc5ccc6ccccc6c5c4)CC4(c5ccc6ccc7ccccc7c6c5)CCCCC(c5ccc6ccc7ccccc7c6c5)(C4)C3)cc12. The van der Waals surface area contributed by atoms with Crippen molar-refractivity contribution in [1.29, 1.82) is 0 Å². The number of aryl methyl sites for hydroxylation is 1. The first kappa shape index (κ1) is 39.8. The van der Waals surface area contributed by atoms with E-state index in [2.05, 4.69) is 218 Å². The van der Waals surface area contributed by atoms with E-state index in [1.807, 2.05) is 0 Å². The average molecular weight is 871 g/mol. The molecule has 2 atom stereocenters. The van der Waals surface area contributed by atoms with Crippen molar-refractivity contribution < 1.29 is 0 Å². The van der Waals surface area contributed by atoms with E-state index in [1.54, 1.807) is 0 Å². The van der Waals surface area contributed by atoms with Gasteiger partial charge in [-0.3, -0.25) is 0 Å². The standard InChI is InChI=1S/C68H54/c1-5-15-58-47(11-1)21-25-51-20-19-46(39-62(51)58)35-38-68(57-34-31-54-28-24-50-14-4-8-18-61(50)65(54)42-57)44-66(55-32-29-52-26-22-48-12-2-6-16-59(48)63(52)40-55)36-9-10-37-67(43-66,45-68)56-33-30-53-27-23-49-13-3-7-17-60(49)64(53)41-56/h1-8,11-34,39-42H,9-10,35-38,43-45H2. The zero-order valence-electron chi connectivity index (χ0n) is 38.6. The summed E-state index contributed by atoms with van der Waals surface area (Å²) in [6.07, 6.45) is 10.4. The van der Waals surface area contributed by atoms with Crippen molar-refractivity contribution >= 4 is 86.2 Å². The summed E-state index contributed by atoms with van der Waals surface area (Å²) >= 11 is 0. The van der Waals surface area contributed by atoms with Crippen LogP contribution in [0.15, 0.2) is 218 Å². The molecule has 0 N–H and O–H groups in total. The number of benzene rings is 12. The average Bonchev–Trinajstić information content (AvgIpc) is 3.55. The lowest BCUT2D eigenvalue weighted by Gasteiger charge is -2.57. The molecule has 2 unspecified atom stereocenters. The molecule has 14 rings (SSSR count). The second kappa shape index (κ2) is 15.4. The maximum atomic E-state index is 2.66. The van der Waals surface area contributed by atoms with E-state index < -0.39 is 0 Å². The van der Waals surface area contributed by atoms with Crippen LogP contribution in [-0.2, 0) is 22.7 Å². The molecule has 0 amide bonds. The molecule has 0 aromatic heterocycles. The third-order valence-corrected chi connectivity index (χ3v) is 17.4. The zero-order valence-corrected chi connectivity index (χ0v) is 38.6. The van der Waals surface area contributed by atoms with Crippen LogP contribution in [0.1, 0.15) is 73.6 Å². The maximum Gasteiger partial charge on any atom is -0.00266 e. The number of hydrogen-bond acceptors (Lipinski definition) is 0. The van der Waals surface area contributed by atoms with Crippen LogP contribution in [0.25, 0.3) is 86.2 Å². The maximum absolute atomic E-state index is 2.66. The fourth-order valence-electron chi connectivity index (χ4n) is 14.2. The Morgan fingerprint density at radius 2 is 0.603 bits per heavy atom. The van der Waals surface area contributed by atoms with Gasteiger partial charge in [0.2, 0.25) is 0 Å². The van der Waals surface area contributed by atoms with Crippen LogP contribution < -0.4 is 0 Å². The Bertz CT molecular complexity index is 3850. The molecule has 0 spiro atoms. The second-order valence-electron chi connectivity index (χ2n) is 21.1. The third-order valence-electron chi connectivity index (χ3n) is 17.4. The van der Waals surface area contributed by atoms with Crippen molar-refractivity contribution in [2.75, 3.05) is 0 Å². The lowest BCUT2D eigenvalue weighted by atomic mass is 9.47. The number of hydrogen-bond donors (Lipinski definition) is 0. The molecule has 2 bridgehead atoms. The van der Waals surface area contributed by atoms with Crippen molar-refractivity contribution in [1.82, 2.24) is 0 Å². The molecule has 12 aromatic rings. The summed E-state index contributed by atoms with van der Waals surface area (Å²) in [4.78, 5) is 0. The molecule has 2 saturated carbocycles. The first-order valence-corrected chi connectivity index (χ1v) is 25.2. The first-order valence-electron chi connectivity index (χ1n) is 25.2. The van der Waals surface area contributed by atoms with Gasteiger partial charge in [0.15, 0.2) is 0 Å². The van der Waals surface area contributed by atoms with E-state index in [1.165, 1.54) is 134 Å². The zero-order chi connectivity index (χ0) is 44.9. The Labute approximate surface area is 398 Å². The van der Waals surface area contributed by atoms with Crippen molar-refractivity contribution in [2.24, 2.45) is 0 Å². The number of fused-ring (bicyclic) bond motifs is 14. The van der Waals surface area contributed by atoms with Crippen LogP contribution in [0.5, 0.6) is 0 Å². The topological polar surface area (TPSA) is 0 Å². The molecule has 0 nitrogen and oxygen atoms in total. The van der Waals surface area contributed by atoms with Crippen molar-refractivity contribution in [3.8, 4) is 0 Å². The summed E-state index contributed by atoms with van der Waals surface area (Å²) in [5.41, 5.74) is 5.81. The summed E-state index contributed by atoms with van der Waals surface area (Å²) < 4.78 is 0. The van der Waals surface area contributed by atoms with Crippen LogP contribution >= 0.6 is 0 Å². The van der Waals surface area contributed by atoms with Gasteiger partial charge in [-0.15, -0.1) is 0 Å². The quantitative estimate of drug-likeness (QED) is 0.146. The van der Waals surface area contributed by atoms with Crippen molar-refractivity contribution in [3.05, 3.63) is 241 Å². The fraction of sp³-hybridized carbons (Fsp3) is 0.176. The molecule has 0 aliphatic heterocycles. The summed E-state index contributed by atoms with van der Waals surface area (Å²) in [6, 6.07) is 84.9. The summed E-state index contributed by atoms with van der Waals surface area (Å²) in [5.74, 6) is 0. The number of rotatable bonds is 6. The Kier molecular flexibility index (Phi) is 9.01. The van der Waals surface area contributed by atoms with Gasteiger partial charge in [-0.05, 0) is 188 Å². The van der Waals surface area contributed by atoms with Crippen LogP contribution in [0.4, 0.5) is 0 Å². The van der Waals surface area contributed by atoms with Crippen molar-refractivity contribution in [2.45, 2.75) is 74.0 Å². The predicted octanol–water partition coefficient (Wildman–Crippen LogP) is 18.4. The van der Waals surface area contributed by atoms with E-state index in [4.69, 9.17) is 0 Å². The Hall–Kier alpha value is -7.28. The molecule has 0 radical (unpaired) electrons. The van der Waals surface area contributed by atoms with E-state index in [-0.39, 0.29) is 16.2 Å². The molecule has 2 aliphatic carbocycles. The molecular weight excluding hydrogens is 817 g/mol. The van der Waals surface area contributed by atoms with E-state index in [0.29, 0.717) is 0 Å². The highest BCUT2D eigenvalue weighted by atomic mass is 14.6. The Balaban J connectivity index is 1.03. The van der Waals surface area contributed by atoms with Gasteiger partial charge in [0.05, 0.1) is 0 Å². The molecule has 2 fully saturated rings. The van der Waals surface area contributed by atoms with Crippen LogP contribution in [-0.4, -0.2) is 0 Å². The highest BCUT2D eigenvalue weighted by Crippen LogP contribution is 2.64. The van der Waals surface area contributed by atoms with Crippen LogP contribution in [0, 0.1) is 0 Å². The summed E-state index contributed by atoms with van der Waals surface area (Å²) in [5, 5.41) is 21.5. The smallest absolute Gasteiger partial charge is 0.00266 e. The highest BCUT2D eigenvalue weighted by Gasteiger charge is 2.56. The van der Waals surface area contributed by atoms with Gasteiger partial charge >= 0.3 is 0 Å². The van der Waals surface area contributed by atoms with Crippen LogP contribution in [0.3, 0.4) is 0 Å². The van der Waals surface area contributed by atoms with E-state index in [0.717, 1.165) is 32.1 Å². The van der Waals surface area contributed by atoms with Gasteiger partial charge in [-0.2, -0.15) is 0 Å². The molecule has 12 aromatic carbocycles. The fourth-order valence-corrected chi connectivity index (χ4v) is 14.2. The predicted molar refractivity (Wildman–Crippen MR) is 291 cm³/mol. The van der Waals surface area contributed by atoms with Gasteiger partial charge < -0.3 is 0 Å². The second-order valence-corrected chi connectivity index (χ2v) is 21.1. The molecule has 0 heterocycles. The molecule has 68 heavy (non-hydrogen) atoms. The minimum absolute atomic E-state index is 0.0408. The molecule has 2 aliphatic rings. The van der Waals surface area contributed by atoms with Gasteiger partial charge in [0, 0.05) is 0 Å². The third kappa shape index (κ3) is 6.34. The summed E-state index contributed by atoms with van der Waals surface area (Å²) in [6.45, 7) is 0. The largest absolute Gasteiger partial charge is 0.0616 e. The Morgan fingerprint density at radius 1 is 0.279 bits per heavy atom. The van der Waals surface area contributed by atoms with Gasteiger partial charge in [0.1, 0.15) is 0 Å². The van der Waals surface area contributed by atoms with Gasteiger partial charge in [-0.25, -0.2) is 0 Å². The normalized spacial score (nSPS) is 20.8. The monoisotopic (exact) mass is 870 g/mol. The molecule has 326 valence electrons. The minimum Gasteiger partial charge on any atom is -0.0616 e. The van der Waals surface area contributed by atoms with Gasteiger partial charge in [-0.1, -0.05) is 213 Å². The lowest BCUT2D eigenvalue weighted by molar-refractivity contribution is 0.0942. The highest BCUT2D eigenvalue weighted by molar-refractivity contribution is 6.10. The van der Waals surface area contributed by atoms with E-state index in [9.17, 15) is 0 Å². The molecule has 0 saturated heterocycles. The van der Waals surface area contributed by atoms with Crippen LogP contribution in [0.2, 0.25) is 0 Å². The molecular formula is C68H54. The lowest BCUT2D eigenvalue weighted by Crippen LogP contribution is -2.51. The Morgan fingerprint density at radius 3 is 1.03 bits per heavy atom. The van der Waals surface area contributed by atoms with Crippen molar-refractivity contribution in [3.63, 3.8) is 0 Å². The van der Waals surface area contributed by atoms with Gasteiger partial charge in [0.25, 0.3) is 0 Å². The van der Waals surface area contributed by atoms with E-state index >= 15 is 0 Å². The first-order chi connectivity index (χ1) is 33.5.